The minimum Gasteiger partial charge on any atom is -0.658 e. The van der Waals surface area contributed by atoms with Gasteiger partial charge in [-0.2, -0.15) is 0 Å². The minimum atomic E-state index is 0. The van der Waals surface area contributed by atoms with Crippen molar-refractivity contribution in [3.63, 3.8) is 0 Å². The van der Waals surface area contributed by atoms with E-state index >= 15 is 0 Å². The monoisotopic (exact) mass is 248 g/mol. The normalized spacial score (nSPS) is 10.4. The fourth-order valence-electron chi connectivity index (χ4n) is 1.19. The zero-order valence-corrected chi connectivity index (χ0v) is 13.3. The van der Waals surface area contributed by atoms with E-state index in [0.717, 1.165) is 0 Å². The predicted octanol–water partition coefficient (Wildman–Crippen LogP) is 4.35. The first kappa shape index (κ1) is 21.0. The number of nitrogens with zero attached hydrogens (tertiary/aromatic N) is 2. The molecule has 0 fully saturated rings. The first-order chi connectivity index (χ1) is 6.25. The van der Waals surface area contributed by atoms with E-state index in [1.807, 2.05) is 0 Å². The smallest absolute Gasteiger partial charge is 0.658 e. The summed E-state index contributed by atoms with van der Waals surface area (Å²) in [4.78, 5) is 0. The fourth-order valence-corrected chi connectivity index (χ4v) is 1.19. The molecule has 0 aromatic carbocycles. The van der Waals surface area contributed by atoms with Crippen molar-refractivity contribution in [1.82, 2.24) is 0 Å². The van der Waals surface area contributed by atoms with E-state index in [4.69, 9.17) is 0 Å². The predicted molar refractivity (Wildman–Crippen MR) is 67.3 cm³/mol. The molecule has 0 radical (unpaired) electrons. The van der Waals surface area contributed by atoms with Gasteiger partial charge in [-0.05, 0) is 0 Å². The fraction of sp³-hybridized carbons (Fsp3) is 1.00. The van der Waals surface area contributed by atoms with Crippen molar-refractivity contribution in [2.24, 2.45) is 0 Å². The first-order valence-corrected chi connectivity index (χ1v) is 5.65. The molecule has 0 atom stereocenters. The SMILES string of the molecule is CC(C)[N-]C(C)C.CC(C)[N-]C(C)C.[Ti+2]. The molecule has 0 unspecified atom stereocenters. The average molecular weight is 248 g/mol. The quantitative estimate of drug-likeness (QED) is 0.662. The number of rotatable bonds is 4. The Morgan fingerprint density at radius 2 is 0.600 bits per heavy atom. The van der Waals surface area contributed by atoms with Crippen molar-refractivity contribution in [2.75, 3.05) is 0 Å². The van der Waals surface area contributed by atoms with Gasteiger partial charge in [-0.25, -0.2) is 0 Å². The molecular weight excluding hydrogens is 220 g/mol. The second-order valence-corrected chi connectivity index (χ2v) is 4.67. The number of hydrogen-bond acceptors (Lipinski definition) is 0. The first-order valence-electron chi connectivity index (χ1n) is 5.65. The average Bonchev–Trinajstić information content (AvgIpc) is 1.79. The van der Waals surface area contributed by atoms with Gasteiger partial charge >= 0.3 is 21.7 Å². The van der Waals surface area contributed by atoms with E-state index in [1.54, 1.807) is 0 Å². The van der Waals surface area contributed by atoms with Gasteiger partial charge < -0.3 is 10.6 Å². The Morgan fingerprint density at radius 3 is 0.600 bits per heavy atom. The summed E-state index contributed by atoms with van der Waals surface area (Å²) >= 11 is 0. The van der Waals surface area contributed by atoms with Gasteiger partial charge in [0.15, 0.2) is 0 Å². The molecule has 15 heavy (non-hydrogen) atoms. The molecular formula is C12H28N2Ti. The Bertz CT molecular complexity index is 86.2. The van der Waals surface area contributed by atoms with Gasteiger partial charge in [-0.3, -0.25) is 0 Å². The van der Waals surface area contributed by atoms with E-state index in [0.29, 0.717) is 24.2 Å². The molecule has 3 heteroatoms. The standard InChI is InChI=1S/2C6H14N.Ti/c2*1-5(2)7-6(3)4;/h2*5-6H,1-4H3;/q2*-1;+2. The molecule has 0 aliphatic heterocycles. The van der Waals surface area contributed by atoms with Gasteiger partial charge in [0.2, 0.25) is 0 Å². The van der Waals surface area contributed by atoms with Crippen molar-refractivity contribution in [2.45, 2.75) is 79.6 Å². The third kappa shape index (κ3) is 31.3. The minimum absolute atomic E-state index is 0. The maximum atomic E-state index is 4.28. The molecule has 0 spiro atoms. The van der Waals surface area contributed by atoms with Crippen molar-refractivity contribution in [1.29, 1.82) is 0 Å². The summed E-state index contributed by atoms with van der Waals surface area (Å²) in [6, 6.07) is 2.00. The summed E-state index contributed by atoms with van der Waals surface area (Å²) in [5.74, 6) is 0. The van der Waals surface area contributed by atoms with Crippen LogP contribution in [0.3, 0.4) is 0 Å². The summed E-state index contributed by atoms with van der Waals surface area (Å²) in [6.07, 6.45) is 0. The van der Waals surface area contributed by atoms with Crippen LogP contribution in [-0.4, -0.2) is 24.2 Å². The van der Waals surface area contributed by atoms with E-state index in [1.165, 1.54) is 0 Å². The summed E-state index contributed by atoms with van der Waals surface area (Å²) in [7, 11) is 0. The summed E-state index contributed by atoms with van der Waals surface area (Å²) in [5.41, 5.74) is 0. The van der Waals surface area contributed by atoms with Gasteiger partial charge in [0.25, 0.3) is 0 Å². The second kappa shape index (κ2) is 12.7. The van der Waals surface area contributed by atoms with Crippen LogP contribution in [0.2, 0.25) is 0 Å². The van der Waals surface area contributed by atoms with E-state index in [2.05, 4.69) is 66.0 Å². The molecule has 0 rings (SSSR count). The second-order valence-electron chi connectivity index (χ2n) is 4.67. The van der Waals surface area contributed by atoms with Gasteiger partial charge in [0, 0.05) is 0 Å². The van der Waals surface area contributed by atoms with Crippen LogP contribution in [0.5, 0.6) is 0 Å². The third-order valence-electron chi connectivity index (χ3n) is 1.19. The molecule has 0 saturated carbocycles. The third-order valence-corrected chi connectivity index (χ3v) is 1.19. The Labute approximate surface area is 112 Å². The van der Waals surface area contributed by atoms with Crippen LogP contribution in [0, 0.1) is 0 Å². The van der Waals surface area contributed by atoms with Crippen molar-refractivity contribution in [3.05, 3.63) is 10.6 Å². The molecule has 90 valence electrons. The molecule has 2 nitrogen and oxygen atoms in total. The van der Waals surface area contributed by atoms with E-state index < -0.39 is 0 Å². The molecule has 0 aliphatic rings. The van der Waals surface area contributed by atoms with Crippen LogP contribution >= 0.6 is 0 Å². The molecule has 0 amide bonds. The number of hydrogen-bond donors (Lipinski definition) is 0. The van der Waals surface area contributed by atoms with Gasteiger partial charge in [-0.15, -0.1) is 24.2 Å². The van der Waals surface area contributed by atoms with Crippen molar-refractivity contribution >= 4 is 0 Å². The molecule has 0 aliphatic carbocycles. The van der Waals surface area contributed by atoms with Gasteiger partial charge in [-0.1, -0.05) is 55.4 Å². The van der Waals surface area contributed by atoms with Crippen LogP contribution < -0.4 is 0 Å². The Morgan fingerprint density at radius 1 is 0.467 bits per heavy atom. The largest absolute Gasteiger partial charge is 2.00 e. The topological polar surface area (TPSA) is 28.2 Å². The molecule has 0 heterocycles. The van der Waals surface area contributed by atoms with Crippen LogP contribution in [-0.2, 0) is 21.7 Å². The van der Waals surface area contributed by atoms with E-state index in [9.17, 15) is 0 Å². The van der Waals surface area contributed by atoms with Gasteiger partial charge in [0.1, 0.15) is 0 Å². The molecule has 0 aromatic rings. The van der Waals surface area contributed by atoms with Crippen LogP contribution in [0.15, 0.2) is 0 Å². The van der Waals surface area contributed by atoms with Crippen molar-refractivity contribution in [3.8, 4) is 0 Å². The molecule has 0 bridgehead atoms. The maximum Gasteiger partial charge on any atom is 2.00 e. The summed E-state index contributed by atoms with van der Waals surface area (Å²) < 4.78 is 0. The molecule has 0 aromatic heterocycles. The van der Waals surface area contributed by atoms with E-state index in [-0.39, 0.29) is 21.7 Å². The molecule has 0 N–H and O–H groups in total. The van der Waals surface area contributed by atoms with Crippen LogP contribution in [0.25, 0.3) is 10.6 Å². The Kier molecular flexibility index (Phi) is 17.8. The zero-order valence-electron chi connectivity index (χ0n) is 11.7. The van der Waals surface area contributed by atoms with Crippen LogP contribution in [0.1, 0.15) is 55.4 Å². The van der Waals surface area contributed by atoms with Crippen LogP contribution in [0.4, 0.5) is 0 Å². The molecule has 0 saturated heterocycles. The van der Waals surface area contributed by atoms with Gasteiger partial charge in [0.05, 0.1) is 0 Å². The summed E-state index contributed by atoms with van der Waals surface area (Å²) in [5, 5.41) is 8.56. The Hall–Kier alpha value is 0.634. The zero-order chi connectivity index (χ0) is 11.7. The summed E-state index contributed by atoms with van der Waals surface area (Å²) in [6.45, 7) is 16.8. The maximum absolute atomic E-state index is 4.28. The van der Waals surface area contributed by atoms with Crippen molar-refractivity contribution < 1.29 is 21.7 Å². The Balaban J connectivity index is -0.000000180.